The fourth-order valence-electron chi connectivity index (χ4n) is 2.38. The highest BCUT2D eigenvalue weighted by atomic mass is 32.2. The first-order valence-electron chi connectivity index (χ1n) is 6.44. The quantitative estimate of drug-likeness (QED) is 0.856. The van der Waals surface area contributed by atoms with E-state index in [1.165, 1.54) is 0 Å². The van der Waals surface area contributed by atoms with Gasteiger partial charge < -0.3 is 0 Å². The molecule has 1 aliphatic rings. The van der Waals surface area contributed by atoms with Crippen molar-refractivity contribution in [3.8, 4) is 0 Å². The molecular formula is C16H16O2S. The lowest BCUT2D eigenvalue weighted by Crippen LogP contribution is -2.10. The number of rotatable bonds is 3. The Morgan fingerprint density at radius 1 is 0.895 bits per heavy atom. The van der Waals surface area contributed by atoms with Crippen LogP contribution in [-0.4, -0.2) is 8.42 Å². The van der Waals surface area contributed by atoms with Crippen LogP contribution in [0.1, 0.15) is 25.3 Å². The molecule has 3 rings (SSSR count). The normalized spacial score (nSPS) is 17.1. The van der Waals surface area contributed by atoms with E-state index in [2.05, 4.69) is 6.92 Å². The van der Waals surface area contributed by atoms with Gasteiger partial charge in [0.05, 0.1) is 9.79 Å². The minimum Gasteiger partial charge on any atom is -0.219 e. The fraction of sp³-hybridized carbons (Fsp3) is 0.250. The highest BCUT2D eigenvalue weighted by Crippen LogP contribution is 2.50. The summed E-state index contributed by atoms with van der Waals surface area (Å²) in [5.41, 5.74) is 0.997. The molecule has 0 heterocycles. The van der Waals surface area contributed by atoms with E-state index < -0.39 is 9.84 Å². The Morgan fingerprint density at radius 2 is 1.47 bits per heavy atom. The summed E-state index contributed by atoms with van der Waals surface area (Å²) in [6.07, 6.45) is 2.13. The van der Waals surface area contributed by atoms with Gasteiger partial charge in [-0.25, -0.2) is 8.42 Å². The van der Waals surface area contributed by atoms with Gasteiger partial charge in [0, 0.05) is 0 Å². The molecule has 0 atom stereocenters. The topological polar surface area (TPSA) is 34.1 Å². The van der Waals surface area contributed by atoms with Gasteiger partial charge in [-0.1, -0.05) is 43.3 Å². The Morgan fingerprint density at radius 3 is 2.11 bits per heavy atom. The second kappa shape index (κ2) is 4.20. The van der Waals surface area contributed by atoms with E-state index in [9.17, 15) is 8.42 Å². The van der Waals surface area contributed by atoms with E-state index in [-0.39, 0.29) is 5.41 Å². The van der Waals surface area contributed by atoms with Gasteiger partial charge in [-0.3, -0.25) is 0 Å². The summed E-state index contributed by atoms with van der Waals surface area (Å²) in [4.78, 5) is 0.827. The molecule has 0 saturated heterocycles. The highest BCUT2D eigenvalue weighted by Gasteiger charge is 2.42. The first-order chi connectivity index (χ1) is 9.04. The van der Waals surface area contributed by atoms with E-state index in [0.717, 1.165) is 18.4 Å². The molecule has 1 saturated carbocycles. The third-order valence-electron chi connectivity index (χ3n) is 3.88. The largest absolute Gasteiger partial charge is 0.219 e. The summed E-state index contributed by atoms with van der Waals surface area (Å²) in [6.45, 7) is 2.13. The molecule has 2 aromatic carbocycles. The van der Waals surface area contributed by atoms with E-state index in [1.54, 1.807) is 36.4 Å². The minimum absolute atomic E-state index is 0.0401. The molecule has 2 nitrogen and oxygen atoms in total. The molecule has 0 amide bonds. The summed E-state index contributed by atoms with van der Waals surface area (Å²) < 4.78 is 25.5. The highest BCUT2D eigenvalue weighted by molar-refractivity contribution is 7.91. The molecule has 2 aromatic rings. The van der Waals surface area contributed by atoms with Crippen LogP contribution in [0.2, 0.25) is 0 Å². The Kier molecular flexibility index (Phi) is 2.75. The van der Waals surface area contributed by atoms with Crippen molar-refractivity contribution in [3.63, 3.8) is 0 Å². The molecular weight excluding hydrogens is 256 g/mol. The molecule has 0 N–H and O–H groups in total. The van der Waals surface area contributed by atoms with Crippen molar-refractivity contribution in [3.05, 3.63) is 60.2 Å². The standard InChI is InChI=1S/C16H16O2S/c1-16(11-12-16)14-9-5-6-10-15(14)19(17,18)13-7-3-2-4-8-13/h2-10H,11-12H2,1H3. The number of benzene rings is 2. The maximum atomic E-state index is 12.7. The number of sulfone groups is 1. The molecule has 19 heavy (non-hydrogen) atoms. The third kappa shape index (κ3) is 2.08. The van der Waals surface area contributed by atoms with Crippen LogP contribution >= 0.6 is 0 Å². The van der Waals surface area contributed by atoms with Gasteiger partial charge in [0.1, 0.15) is 0 Å². The van der Waals surface area contributed by atoms with Gasteiger partial charge in [-0.15, -0.1) is 0 Å². The zero-order chi connectivity index (χ0) is 13.5. The summed E-state index contributed by atoms with van der Waals surface area (Å²) in [6, 6.07) is 16.0. The van der Waals surface area contributed by atoms with Crippen LogP contribution < -0.4 is 0 Å². The number of hydrogen-bond donors (Lipinski definition) is 0. The van der Waals surface area contributed by atoms with Crippen molar-refractivity contribution in [2.75, 3.05) is 0 Å². The van der Waals surface area contributed by atoms with Crippen molar-refractivity contribution in [2.45, 2.75) is 35.0 Å². The smallest absolute Gasteiger partial charge is 0.206 e. The molecule has 0 aliphatic heterocycles. The second-order valence-electron chi connectivity index (χ2n) is 5.37. The maximum absolute atomic E-state index is 12.7. The van der Waals surface area contributed by atoms with Crippen molar-refractivity contribution >= 4 is 9.84 Å². The first-order valence-corrected chi connectivity index (χ1v) is 7.92. The number of hydrogen-bond acceptors (Lipinski definition) is 2. The van der Waals surface area contributed by atoms with Crippen molar-refractivity contribution < 1.29 is 8.42 Å². The Bertz CT molecular complexity index is 699. The lowest BCUT2D eigenvalue weighted by Gasteiger charge is -2.15. The summed E-state index contributed by atoms with van der Waals surface area (Å²) in [7, 11) is -3.41. The van der Waals surface area contributed by atoms with Gasteiger partial charge in [0.25, 0.3) is 0 Å². The Labute approximate surface area is 114 Å². The molecule has 0 aromatic heterocycles. The van der Waals surface area contributed by atoms with Crippen LogP contribution in [0, 0.1) is 0 Å². The second-order valence-corrected chi connectivity index (χ2v) is 7.29. The van der Waals surface area contributed by atoms with Crippen LogP contribution in [-0.2, 0) is 15.3 Å². The summed E-state index contributed by atoms with van der Waals surface area (Å²) in [5, 5.41) is 0. The van der Waals surface area contributed by atoms with Crippen LogP contribution in [0.3, 0.4) is 0 Å². The van der Waals surface area contributed by atoms with Gasteiger partial charge in [-0.2, -0.15) is 0 Å². The molecule has 1 fully saturated rings. The molecule has 1 aliphatic carbocycles. The lowest BCUT2D eigenvalue weighted by atomic mass is 9.99. The lowest BCUT2D eigenvalue weighted by molar-refractivity contribution is 0.592. The minimum atomic E-state index is -3.41. The van der Waals surface area contributed by atoms with Crippen molar-refractivity contribution in [1.82, 2.24) is 0 Å². The van der Waals surface area contributed by atoms with Gasteiger partial charge in [-0.05, 0) is 42.0 Å². The molecule has 98 valence electrons. The Balaban J connectivity index is 2.18. The third-order valence-corrected chi connectivity index (χ3v) is 5.71. The molecule has 0 bridgehead atoms. The van der Waals surface area contributed by atoms with Gasteiger partial charge in [0.15, 0.2) is 0 Å². The monoisotopic (exact) mass is 272 g/mol. The van der Waals surface area contributed by atoms with E-state index in [1.807, 2.05) is 18.2 Å². The van der Waals surface area contributed by atoms with E-state index in [0.29, 0.717) is 9.79 Å². The van der Waals surface area contributed by atoms with Gasteiger partial charge >= 0.3 is 0 Å². The summed E-state index contributed by atoms with van der Waals surface area (Å²) in [5.74, 6) is 0. The zero-order valence-corrected chi connectivity index (χ0v) is 11.7. The van der Waals surface area contributed by atoms with E-state index >= 15 is 0 Å². The van der Waals surface area contributed by atoms with Crippen molar-refractivity contribution in [2.24, 2.45) is 0 Å². The maximum Gasteiger partial charge on any atom is 0.206 e. The van der Waals surface area contributed by atoms with E-state index in [4.69, 9.17) is 0 Å². The van der Waals surface area contributed by atoms with Gasteiger partial charge in [0.2, 0.25) is 9.84 Å². The molecule has 3 heteroatoms. The Hall–Kier alpha value is -1.61. The predicted octanol–water partition coefficient (Wildman–Crippen LogP) is 3.57. The first kappa shape index (κ1) is 12.4. The summed E-state index contributed by atoms with van der Waals surface area (Å²) >= 11 is 0. The van der Waals surface area contributed by atoms with Crippen LogP contribution in [0.5, 0.6) is 0 Å². The van der Waals surface area contributed by atoms with Crippen LogP contribution in [0.25, 0.3) is 0 Å². The molecule has 0 radical (unpaired) electrons. The van der Waals surface area contributed by atoms with Crippen LogP contribution in [0.4, 0.5) is 0 Å². The molecule has 0 unspecified atom stereocenters. The molecule has 0 spiro atoms. The average Bonchev–Trinajstić information content (AvgIpc) is 3.19. The zero-order valence-electron chi connectivity index (χ0n) is 10.8. The fourth-order valence-corrected chi connectivity index (χ4v) is 4.01. The average molecular weight is 272 g/mol. The van der Waals surface area contributed by atoms with Crippen LogP contribution in [0.15, 0.2) is 64.4 Å². The SMILES string of the molecule is CC1(c2ccccc2S(=O)(=O)c2ccccc2)CC1. The van der Waals surface area contributed by atoms with Crippen molar-refractivity contribution in [1.29, 1.82) is 0 Å². The predicted molar refractivity (Wildman–Crippen MR) is 74.9 cm³/mol.